The monoisotopic (exact) mass is 371 g/mol. The van der Waals surface area contributed by atoms with Gasteiger partial charge in [0.15, 0.2) is 5.16 Å². The molecule has 0 aliphatic carbocycles. The number of carbonyl (C=O) groups is 1. The number of aromatic nitrogens is 2. The quantitative estimate of drug-likeness (QED) is 0.650. The Morgan fingerprint density at radius 3 is 2.84 bits per heavy atom. The van der Waals surface area contributed by atoms with E-state index in [4.69, 9.17) is 11.6 Å². The Morgan fingerprint density at radius 2 is 2.04 bits per heavy atom. The third-order valence-corrected chi connectivity index (χ3v) is 5.11. The van der Waals surface area contributed by atoms with Crippen molar-refractivity contribution >= 4 is 35.0 Å². The molecule has 1 amide bonds. The average Bonchev–Trinajstić information content (AvgIpc) is 3.06. The topological polar surface area (TPSA) is 46.9 Å². The predicted octanol–water partition coefficient (Wildman–Crippen LogP) is 4.87. The molecule has 25 heavy (non-hydrogen) atoms. The molecule has 3 aromatic rings. The van der Waals surface area contributed by atoms with Gasteiger partial charge in [-0.15, -0.1) is 0 Å². The number of nitrogens with one attached hydrogen (secondary N) is 1. The molecule has 0 unspecified atom stereocenters. The second-order valence-corrected chi connectivity index (χ2v) is 7.02. The molecular weight excluding hydrogens is 354 g/mol. The Hall–Kier alpha value is -2.24. The van der Waals surface area contributed by atoms with Gasteiger partial charge < -0.3 is 5.32 Å². The summed E-state index contributed by atoms with van der Waals surface area (Å²) in [6, 6.07) is 13.4. The molecule has 0 fully saturated rings. The van der Waals surface area contributed by atoms with Gasteiger partial charge in [0.2, 0.25) is 5.91 Å². The molecule has 0 bridgehead atoms. The third-order valence-electron chi connectivity index (χ3n) is 3.90. The van der Waals surface area contributed by atoms with Crippen LogP contribution in [0.15, 0.2) is 60.0 Å². The number of rotatable bonds is 5. The Balaban J connectivity index is 1.67. The Labute approximate surface area is 156 Å². The number of nitrogens with zero attached hydrogens (tertiary/aromatic N) is 2. The summed E-state index contributed by atoms with van der Waals surface area (Å²) in [4.78, 5) is 16.6. The first-order valence-corrected chi connectivity index (χ1v) is 9.19. The zero-order valence-corrected chi connectivity index (χ0v) is 15.6. The zero-order valence-electron chi connectivity index (χ0n) is 14.0. The van der Waals surface area contributed by atoms with Gasteiger partial charge in [-0.25, -0.2) is 4.98 Å². The van der Waals surface area contributed by atoms with Crippen molar-refractivity contribution in [1.82, 2.24) is 9.55 Å². The minimum absolute atomic E-state index is 0.0562. The van der Waals surface area contributed by atoms with Gasteiger partial charge >= 0.3 is 0 Å². The van der Waals surface area contributed by atoms with Crippen molar-refractivity contribution in [3.63, 3.8) is 0 Å². The lowest BCUT2D eigenvalue weighted by atomic mass is 10.1. The highest BCUT2D eigenvalue weighted by atomic mass is 35.5. The minimum atomic E-state index is -0.0562. The van der Waals surface area contributed by atoms with Gasteiger partial charge in [0.25, 0.3) is 0 Å². The maximum atomic E-state index is 12.3. The van der Waals surface area contributed by atoms with Crippen LogP contribution in [0.3, 0.4) is 0 Å². The summed E-state index contributed by atoms with van der Waals surface area (Å²) in [5, 5.41) is 4.37. The number of carbonyl (C=O) groups excluding carboxylic acids is 1. The maximum Gasteiger partial charge on any atom is 0.234 e. The molecule has 4 nitrogen and oxygen atoms in total. The van der Waals surface area contributed by atoms with Crippen molar-refractivity contribution in [2.24, 2.45) is 0 Å². The average molecular weight is 372 g/mol. The van der Waals surface area contributed by atoms with Crippen LogP contribution in [0.1, 0.15) is 11.1 Å². The zero-order chi connectivity index (χ0) is 17.8. The standard InChI is InChI=1S/C19H18ClN3OS/c1-13-5-3-8-17(14(13)2)22-18(24)12-25-19-21-9-10-23(19)16-7-4-6-15(20)11-16/h3-11H,12H2,1-2H3,(H,22,24). The van der Waals surface area contributed by atoms with Crippen LogP contribution in [-0.4, -0.2) is 21.2 Å². The molecule has 0 spiro atoms. The number of benzene rings is 2. The minimum Gasteiger partial charge on any atom is -0.325 e. The van der Waals surface area contributed by atoms with Crippen molar-refractivity contribution < 1.29 is 4.79 Å². The molecule has 0 saturated heterocycles. The van der Waals surface area contributed by atoms with Crippen molar-refractivity contribution in [3.8, 4) is 5.69 Å². The van der Waals surface area contributed by atoms with Crippen molar-refractivity contribution in [1.29, 1.82) is 0 Å². The number of halogens is 1. The van der Waals surface area contributed by atoms with E-state index in [1.54, 1.807) is 6.20 Å². The number of amides is 1. The lowest BCUT2D eigenvalue weighted by Crippen LogP contribution is -2.15. The van der Waals surface area contributed by atoms with E-state index in [1.807, 2.05) is 67.1 Å². The molecule has 1 N–H and O–H groups in total. The summed E-state index contributed by atoms with van der Waals surface area (Å²) in [6.45, 7) is 4.03. The predicted molar refractivity (Wildman–Crippen MR) is 104 cm³/mol. The number of hydrogen-bond acceptors (Lipinski definition) is 3. The van der Waals surface area contributed by atoms with Gasteiger partial charge in [-0.1, -0.05) is 41.6 Å². The van der Waals surface area contributed by atoms with E-state index in [2.05, 4.69) is 10.3 Å². The molecule has 128 valence electrons. The van der Waals surface area contributed by atoms with Crippen molar-refractivity contribution in [3.05, 3.63) is 71.0 Å². The second kappa shape index (κ2) is 7.76. The van der Waals surface area contributed by atoms with E-state index in [-0.39, 0.29) is 11.7 Å². The van der Waals surface area contributed by atoms with Gasteiger partial charge in [-0.05, 0) is 49.2 Å². The van der Waals surface area contributed by atoms with Crippen LogP contribution in [0.4, 0.5) is 5.69 Å². The first-order valence-electron chi connectivity index (χ1n) is 7.83. The van der Waals surface area contributed by atoms with Crippen LogP contribution in [-0.2, 0) is 4.79 Å². The molecule has 0 aliphatic heterocycles. The van der Waals surface area contributed by atoms with Gasteiger partial charge in [-0.3, -0.25) is 9.36 Å². The number of thioether (sulfide) groups is 1. The Morgan fingerprint density at radius 1 is 1.24 bits per heavy atom. The highest BCUT2D eigenvalue weighted by molar-refractivity contribution is 7.99. The summed E-state index contributed by atoms with van der Waals surface area (Å²) < 4.78 is 1.92. The molecule has 6 heteroatoms. The van der Waals surface area contributed by atoms with Crippen LogP contribution in [0, 0.1) is 13.8 Å². The summed E-state index contributed by atoms with van der Waals surface area (Å²) in [6.07, 6.45) is 3.57. The molecule has 0 aliphatic rings. The smallest absolute Gasteiger partial charge is 0.234 e. The van der Waals surface area contributed by atoms with Crippen molar-refractivity contribution in [2.75, 3.05) is 11.1 Å². The molecular formula is C19H18ClN3OS. The first kappa shape index (κ1) is 17.6. The molecule has 2 aromatic carbocycles. The molecule has 0 radical (unpaired) electrons. The number of imidazole rings is 1. The summed E-state index contributed by atoms with van der Waals surface area (Å²) in [7, 11) is 0. The summed E-state index contributed by atoms with van der Waals surface area (Å²) in [5.41, 5.74) is 4.01. The van der Waals surface area contributed by atoms with Crippen molar-refractivity contribution in [2.45, 2.75) is 19.0 Å². The highest BCUT2D eigenvalue weighted by Crippen LogP contribution is 2.23. The summed E-state index contributed by atoms with van der Waals surface area (Å²) >= 11 is 7.44. The van der Waals surface area contributed by atoms with Crippen LogP contribution < -0.4 is 5.32 Å². The lowest BCUT2D eigenvalue weighted by Gasteiger charge is -2.11. The fraction of sp³-hybridized carbons (Fsp3) is 0.158. The number of anilines is 1. The van der Waals surface area contributed by atoms with Crippen LogP contribution in [0.25, 0.3) is 5.69 Å². The van der Waals surface area contributed by atoms with E-state index in [0.717, 1.165) is 27.7 Å². The van der Waals surface area contributed by atoms with E-state index in [1.165, 1.54) is 11.8 Å². The van der Waals surface area contributed by atoms with Gasteiger partial charge in [0.1, 0.15) is 0 Å². The number of hydrogen-bond donors (Lipinski definition) is 1. The van der Waals surface area contributed by atoms with E-state index in [0.29, 0.717) is 5.02 Å². The first-order chi connectivity index (χ1) is 12.0. The molecule has 1 aromatic heterocycles. The fourth-order valence-corrected chi connectivity index (χ4v) is 3.38. The lowest BCUT2D eigenvalue weighted by molar-refractivity contribution is -0.113. The SMILES string of the molecule is Cc1cccc(NC(=O)CSc2nccn2-c2cccc(Cl)c2)c1C. The van der Waals surface area contributed by atoms with Gasteiger partial charge in [0.05, 0.1) is 5.75 Å². The normalized spacial score (nSPS) is 10.7. The third kappa shape index (κ3) is 4.24. The molecule has 0 atom stereocenters. The van der Waals surface area contributed by atoms with E-state index < -0.39 is 0 Å². The largest absolute Gasteiger partial charge is 0.325 e. The van der Waals surface area contributed by atoms with Crippen LogP contribution in [0.2, 0.25) is 5.02 Å². The molecule has 3 rings (SSSR count). The van der Waals surface area contributed by atoms with Crippen LogP contribution in [0.5, 0.6) is 0 Å². The Bertz CT molecular complexity index is 907. The maximum absolute atomic E-state index is 12.3. The van der Waals surface area contributed by atoms with Gasteiger partial charge in [0, 0.05) is 28.8 Å². The molecule has 1 heterocycles. The Kier molecular flexibility index (Phi) is 5.46. The van der Waals surface area contributed by atoms with Crippen LogP contribution >= 0.6 is 23.4 Å². The highest BCUT2D eigenvalue weighted by Gasteiger charge is 2.11. The van der Waals surface area contributed by atoms with E-state index in [9.17, 15) is 4.79 Å². The number of aryl methyl sites for hydroxylation is 1. The fourth-order valence-electron chi connectivity index (χ4n) is 2.42. The van der Waals surface area contributed by atoms with E-state index >= 15 is 0 Å². The second-order valence-electron chi connectivity index (χ2n) is 5.64. The molecule has 0 saturated carbocycles. The summed E-state index contributed by atoms with van der Waals surface area (Å²) in [5.74, 6) is 0.227. The van der Waals surface area contributed by atoms with Gasteiger partial charge in [-0.2, -0.15) is 0 Å².